The number of esters is 1. The number of nitrogens with zero attached hydrogens (tertiary/aromatic N) is 1. The molecule has 1 aliphatic heterocycles. The van der Waals surface area contributed by atoms with E-state index in [0.717, 1.165) is 12.8 Å². The minimum Gasteiger partial charge on any atom is -0.497 e. The van der Waals surface area contributed by atoms with Gasteiger partial charge in [-0.15, -0.1) is 0 Å². The van der Waals surface area contributed by atoms with E-state index < -0.39 is 12.0 Å². The number of benzene rings is 2. The predicted molar refractivity (Wildman–Crippen MR) is 136 cm³/mol. The van der Waals surface area contributed by atoms with Gasteiger partial charge >= 0.3 is 12.0 Å². The Hall–Kier alpha value is -4.01. The number of carbonyl (C=O) groups is 3. The van der Waals surface area contributed by atoms with E-state index in [1.807, 2.05) is 6.92 Å². The van der Waals surface area contributed by atoms with E-state index in [-0.39, 0.29) is 18.5 Å². The van der Waals surface area contributed by atoms with Crippen LogP contribution in [0.3, 0.4) is 0 Å². The zero-order valence-electron chi connectivity index (χ0n) is 21.3. The lowest BCUT2D eigenvalue weighted by atomic mass is 9.94. The summed E-state index contributed by atoms with van der Waals surface area (Å²) in [5, 5.41) is 5.78. The molecule has 1 atom stereocenters. The smallest absolute Gasteiger partial charge is 0.338 e. The molecular weight excluding hydrogens is 462 g/mol. The number of urea groups is 1. The summed E-state index contributed by atoms with van der Waals surface area (Å²) in [6.07, 6.45) is 1.74. The molecule has 1 aliphatic rings. The molecule has 3 rings (SSSR count). The van der Waals surface area contributed by atoms with Gasteiger partial charge in [-0.2, -0.15) is 0 Å². The van der Waals surface area contributed by atoms with Gasteiger partial charge in [-0.3, -0.25) is 9.69 Å². The van der Waals surface area contributed by atoms with Gasteiger partial charge < -0.3 is 24.8 Å². The first kappa shape index (κ1) is 26.6. The third-order valence-electron chi connectivity index (χ3n) is 5.98. The monoisotopic (exact) mass is 495 g/mol. The quantitative estimate of drug-likeness (QED) is 0.465. The lowest BCUT2D eigenvalue weighted by Crippen LogP contribution is -2.48. The topological polar surface area (TPSA) is 106 Å². The van der Waals surface area contributed by atoms with Crippen LogP contribution < -0.4 is 20.1 Å². The number of hydrogen-bond acceptors (Lipinski definition) is 6. The summed E-state index contributed by atoms with van der Waals surface area (Å²) in [7, 11) is 3.02. The van der Waals surface area contributed by atoms with E-state index in [1.165, 1.54) is 14.2 Å². The van der Waals surface area contributed by atoms with Crippen molar-refractivity contribution >= 4 is 23.6 Å². The molecule has 0 aliphatic carbocycles. The van der Waals surface area contributed by atoms with Gasteiger partial charge in [0, 0.05) is 24.0 Å². The van der Waals surface area contributed by atoms with E-state index in [1.54, 1.807) is 61.2 Å². The van der Waals surface area contributed by atoms with Gasteiger partial charge in [-0.05, 0) is 50.1 Å². The third-order valence-corrected chi connectivity index (χ3v) is 5.98. The minimum atomic E-state index is -0.666. The van der Waals surface area contributed by atoms with Crippen LogP contribution in [0.25, 0.3) is 0 Å². The number of allylic oxidation sites excluding steroid dienone is 1. The van der Waals surface area contributed by atoms with E-state index in [2.05, 4.69) is 10.6 Å². The Kier molecular flexibility index (Phi) is 8.94. The number of ether oxygens (including phenoxy) is 3. The van der Waals surface area contributed by atoms with Crippen LogP contribution in [-0.2, 0) is 9.53 Å². The number of carbonyl (C=O) groups excluding carboxylic acids is 3. The van der Waals surface area contributed by atoms with Crippen molar-refractivity contribution in [1.29, 1.82) is 0 Å². The summed E-state index contributed by atoms with van der Waals surface area (Å²) in [5.41, 5.74) is 2.58. The van der Waals surface area contributed by atoms with Gasteiger partial charge in [0.05, 0.1) is 38.0 Å². The molecule has 1 heterocycles. The van der Waals surface area contributed by atoms with Gasteiger partial charge in [-0.1, -0.05) is 25.5 Å². The molecule has 2 aromatic rings. The van der Waals surface area contributed by atoms with Crippen molar-refractivity contribution in [2.45, 2.75) is 39.7 Å². The minimum absolute atomic E-state index is 0.227. The number of anilines is 1. The van der Waals surface area contributed by atoms with Gasteiger partial charge in [0.25, 0.3) is 5.91 Å². The van der Waals surface area contributed by atoms with Crippen molar-refractivity contribution in [2.75, 3.05) is 32.7 Å². The zero-order valence-corrected chi connectivity index (χ0v) is 21.3. The Bertz CT molecular complexity index is 1140. The highest BCUT2D eigenvalue weighted by molar-refractivity contribution is 6.06. The fourth-order valence-corrected chi connectivity index (χ4v) is 4.03. The molecule has 0 saturated heterocycles. The molecule has 9 heteroatoms. The van der Waals surface area contributed by atoms with Gasteiger partial charge in [0.1, 0.15) is 11.5 Å². The normalized spacial score (nSPS) is 15.3. The second-order valence-corrected chi connectivity index (χ2v) is 8.25. The highest BCUT2D eigenvalue weighted by Gasteiger charge is 2.36. The first-order valence-corrected chi connectivity index (χ1v) is 11.9. The molecule has 192 valence electrons. The highest BCUT2D eigenvalue weighted by atomic mass is 16.5. The Morgan fingerprint density at radius 3 is 2.39 bits per heavy atom. The number of hydrogen-bond donors (Lipinski definition) is 2. The molecule has 36 heavy (non-hydrogen) atoms. The van der Waals surface area contributed by atoms with Crippen molar-refractivity contribution in [3.8, 4) is 11.5 Å². The average Bonchev–Trinajstić information content (AvgIpc) is 2.88. The van der Waals surface area contributed by atoms with Crippen molar-refractivity contribution in [3.63, 3.8) is 0 Å². The lowest BCUT2D eigenvalue weighted by molar-refractivity contribution is -0.139. The standard InChI is InChI=1S/C27H33N3O6/c1-6-8-15-30-17(3)23(26(32)36-7-2)24(29-27(30)33)18-9-11-19(12-10-18)28-25(31)21-14-13-20(34-4)16-22(21)35-5/h9-14,16,24H,6-8,15H2,1-5H3,(H,28,31)(H,29,33). The van der Waals surface area contributed by atoms with Gasteiger partial charge in [0.15, 0.2) is 0 Å². The van der Waals surface area contributed by atoms with Crippen LogP contribution in [0.4, 0.5) is 10.5 Å². The number of unbranched alkanes of at least 4 members (excludes halogenated alkanes) is 1. The van der Waals surface area contributed by atoms with E-state index in [0.29, 0.717) is 46.1 Å². The third kappa shape index (κ3) is 5.79. The number of rotatable bonds is 10. The average molecular weight is 496 g/mol. The van der Waals surface area contributed by atoms with Crippen LogP contribution in [0.5, 0.6) is 11.5 Å². The summed E-state index contributed by atoms with van der Waals surface area (Å²) >= 11 is 0. The van der Waals surface area contributed by atoms with Crippen LogP contribution in [-0.4, -0.2) is 50.2 Å². The summed E-state index contributed by atoms with van der Waals surface area (Å²) in [6.45, 7) is 6.30. The molecule has 0 fully saturated rings. The van der Waals surface area contributed by atoms with Crippen LogP contribution in [0.15, 0.2) is 53.7 Å². The molecule has 0 aromatic heterocycles. The SMILES string of the molecule is CCCCN1C(=O)NC(c2ccc(NC(=O)c3ccc(OC)cc3OC)cc2)C(C(=O)OCC)=C1C. The predicted octanol–water partition coefficient (Wildman–Crippen LogP) is 4.66. The van der Waals surface area contributed by atoms with Crippen LogP contribution >= 0.6 is 0 Å². The van der Waals surface area contributed by atoms with Gasteiger partial charge in [-0.25, -0.2) is 9.59 Å². The Morgan fingerprint density at radius 1 is 1.06 bits per heavy atom. The molecule has 3 amide bonds. The van der Waals surface area contributed by atoms with E-state index >= 15 is 0 Å². The second kappa shape index (κ2) is 12.1. The van der Waals surface area contributed by atoms with Gasteiger partial charge in [0.2, 0.25) is 0 Å². The van der Waals surface area contributed by atoms with Crippen LogP contribution in [0.2, 0.25) is 0 Å². The van der Waals surface area contributed by atoms with Crippen LogP contribution in [0, 0.1) is 0 Å². The summed E-state index contributed by atoms with van der Waals surface area (Å²) in [4.78, 5) is 40.1. The molecular formula is C27H33N3O6. The Morgan fingerprint density at radius 2 is 1.78 bits per heavy atom. The fraction of sp³-hybridized carbons (Fsp3) is 0.370. The number of methoxy groups -OCH3 is 2. The van der Waals surface area contributed by atoms with Crippen LogP contribution in [0.1, 0.15) is 55.6 Å². The summed E-state index contributed by atoms with van der Waals surface area (Å²) in [6, 6.07) is 11.0. The Balaban J connectivity index is 1.85. The van der Waals surface area contributed by atoms with E-state index in [9.17, 15) is 14.4 Å². The van der Waals surface area contributed by atoms with Crippen molar-refractivity contribution in [3.05, 3.63) is 64.9 Å². The number of amides is 3. The molecule has 2 aromatic carbocycles. The fourth-order valence-electron chi connectivity index (χ4n) is 4.03. The first-order valence-electron chi connectivity index (χ1n) is 11.9. The molecule has 1 unspecified atom stereocenters. The van der Waals surface area contributed by atoms with Crippen molar-refractivity contribution in [2.24, 2.45) is 0 Å². The highest BCUT2D eigenvalue weighted by Crippen LogP contribution is 2.32. The maximum atomic E-state index is 12.9. The largest absolute Gasteiger partial charge is 0.497 e. The summed E-state index contributed by atoms with van der Waals surface area (Å²) in [5.74, 6) is 0.158. The van der Waals surface area contributed by atoms with Crippen molar-refractivity contribution in [1.82, 2.24) is 10.2 Å². The second-order valence-electron chi connectivity index (χ2n) is 8.25. The molecule has 0 spiro atoms. The molecule has 0 radical (unpaired) electrons. The van der Waals surface area contributed by atoms with Crippen molar-refractivity contribution < 1.29 is 28.6 Å². The Labute approximate surface area is 211 Å². The lowest BCUT2D eigenvalue weighted by Gasteiger charge is -2.35. The molecule has 0 saturated carbocycles. The maximum Gasteiger partial charge on any atom is 0.338 e. The molecule has 9 nitrogen and oxygen atoms in total. The molecule has 0 bridgehead atoms. The summed E-state index contributed by atoms with van der Waals surface area (Å²) < 4.78 is 15.8. The van der Waals surface area contributed by atoms with E-state index in [4.69, 9.17) is 14.2 Å². The maximum absolute atomic E-state index is 12.9. The molecule has 2 N–H and O–H groups in total. The first-order chi connectivity index (χ1) is 17.3. The zero-order chi connectivity index (χ0) is 26.2. The number of nitrogens with one attached hydrogen (secondary N) is 2.